The van der Waals surface area contributed by atoms with Crippen LogP contribution >= 0.6 is 31.9 Å². The van der Waals surface area contributed by atoms with Crippen LogP contribution in [0.15, 0.2) is 21.3 Å². The number of ether oxygens (including phenoxy) is 1. The van der Waals surface area contributed by atoms with Gasteiger partial charge in [0.15, 0.2) is 0 Å². The second-order valence-electron chi connectivity index (χ2n) is 5.74. The first-order valence-corrected chi connectivity index (χ1v) is 11.5. The molecule has 104 valence electrons. The molecule has 0 spiro atoms. The number of pyridine rings is 1. The van der Waals surface area contributed by atoms with Gasteiger partial charge in [0.1, 0.15) is 5.65 Å². The number of nitrogens with one attached hydrogen (secondary N) is 1. The van der Waals surface area contributed by atoms with E-state index in [0.29, 0.717) is 12.3 Å². The smallest absolute Gasteiger partial charge is 0.139 e. The molecule has 0 amide bonds. The summed E-state index contributed by atoms with van der Waals surface area (Å²) < 4.78 is 15.6. The van der Waals surface area contributed by atoms with E-state index in [1.165, 1.54) is 0 Å². The second-order valence-corrected chi connectivity index (χ2v) is 13.0. The quantitative estimate of drug-likeness (QED) is 0.563. The van der Waals surface area contributed by atoms with E-state index in [9.17, 15) is 0 Å². The minimum absolute atomic E-state index is 0.256. The Morgan fingerprint density at radius 2 is 2.16 bits per heavy atom. The fraction of sp³-hybridized carbons (Fsp3) is 0.462. The van der Waals surface area contributed by atoms with Crippen molar-refractivity contribution >= 4 is 51.0 Å². The minimum Gasteiger partial charge on any atom is -0.377 e. The number of aromatic nitrogens is 2. The summed E-state index contributed by atoms with van der Waals surface area (Å²) in [7, 11) is -1.08. The van der Waals surface area contributed by atoms with Crippen LogP contribution in [-0.2, 0) is 11.3 Å². The number of H-pyrrole nitrogens is 1. The highest BCUT2D eigenvalue weighted by Crippen LogP contribution is 2.32. The molecule has 2 aromatic heterocycles. The lowest BCUT2D eigenvalue weighted by atomic mass is 10.2. The third-order valence-corrected chi connectivity index (χ3v) is 6.05. The summed E-state index contributed by atoms with van der Waals surface area (Å²) >= 11 is 7.06. The van der Waals surface area contributed by atoms with Gasteiger partial charge in [-0.15, -0.1) is 0 Å². The summed E-state index contributed by atoms with van der Waals surface area (Å²) in [5, 5.41) is 0.963. The first kappa shape index (κ1) is 13.8. The molecule has 0 bridgehead atoms. The molecule has 2 rings (SSSR count). The maximum absolute atomic E-state index is 8.01. The van der Waals surface area contributed by atoms with E-state index < -0.39 is 8.07 Å². The Hall–Kier alpha value is -0.173. The Labute approximate surface area is 132 Å². The maximum atomic E-state index is 8.01. The molecule has 1 N–H and O–H groups in total. The van der Waals surface area contributed by atoms with E-state index in [0.717, 1.165) is 32.5 Å². The number of fused-ring (bicyclic) bond motifs is 1. The molecule has 0 aliphatic carbocycles. The molecule has 3 nitrogen and oxygen atoms in total. The van der Waals surface area contributed by atoms with Crippen molar-refractivity contribution in [3.05, 3.63) is 26.9 Å². The fourth-order valence-electron chi connectivity index (χ4n) is 1.66. The van der Waals surface area contributed by atoms with Gasteiger partial charge in [-0.05, 0) is 37.9 Å². The zero-order chi connectivity index (χ0) is 14.9. The lowest BCUT2D eigenvalue weighted by Gasteiger charge is -2.15. The number of nitrogens with zero attached hydrogens (tertiary/aromatic N) is 1. The summed E-state index contributed by atoms with van der Waals surface area (Å²) in [5.41, 5.74) is 1.51. The van der Waals surface area contributed by atoms with Crippen molar-refractivity contribution in [2.24, 2.45) is 0 Å². The monoisotopic (exact) mass is 405 g/mol. The third kappa shape index (κ3) is 3.90. The Morgan fingerprint density at radius 3 is 2.84 bits per heavy atom. The number of halogens is 2. The van der Waals surface area contributed by atoms with Crippen LogP contribution in [0.25, 0.3) is 11.0 Å². The van der Waals surface area contributed by atoms with Crippen molar-refractivity contribution in [1.29, 1.82) is 0 Å². The van der Waals surface area contributed by atoms with Crippen molar-refractivity contribution in [1.82, 2.24) is 9.97 Å². The average molecular weight is 407 g/mol. The topological polar surface area (TPSA) is 37.9 Å². The molecule has 0 fully saturated rings. The van der Waals surface area contributed by atoms with Crippen LogP contribution in [-0.4, -0.2) is 24.6 Å². The molecule has 19 heavy (non-hydrogen) atoms. The third-order valence-electron chi connectivity index (χ3n) is 2.84. The Morgan fingerprint density at radius 1 is 1.42 bits per heavy atom. The summed E-state index contributed by atoms with van der Waals surface area (Å²) in [5.74, 6) is 0. The molecule has 0 aromatic carbocycles. The van der Waals surface area contributed by atoms with Crippen LogP contribution in [0.1, 0.15) is 6.93 Å². The van der Waals surface area contributed by atoms with Crippen LogP contribution < -0.4 is 0 Å². The number of hydrogen-bond donors (Lipinski definition) is 1. The van der Waals surface area contributed by atoms with E-state index in [2.05, 4.69) is 61.5 Å². The van der Waals surface area contributed by atoms with E-state index in [-0.39, 0.29) is 6.17 Å². The lowest BCUT2D eigenvalue weighted by molar-refractivity contribution is 0.132. The van der Waals surface area contributed by atoms with E-state index in [1.54, 1.807) is 0 Å². The van der Waals surface area contributed by atoms with Gasteiger partial charge in [0.05, 0.1) is 7.98 Å². The van der Waals surface area contributed by atoms with Crippen LogP contribution in [0.3, 0.4) is 0 Å². The predicted octanol–water partition coefficient (Wildman–Crippen LogP) is 4.94. The van der Waals surface area contributed by atoms with Gasteiger partial charge < -0.3 is 9.72 Å². The maximum Gasteiger partial charge on any atom is 0.139 e. The predicted molar refractivity (Wildman–Crippen MR) is 89.3 cm³/mol. The minimum atomic E-state index is -1.08. The van der Waals surface area contributed by atoms with Gasteiger partial charge in [0.25, 0.3) is 0 Å². The Balaban J connectivity index is 2.15. The Kier molecular flexibility index (Phi) is 4.41. The molecule has 0 saturated heterocycles. The zero-order valence-corrected chi connectivity index (χ0v) is 15.5. The SMILES string of the molecule is [2H]c1nc2[nH]cc(Br)c2c(Br)c1COCC[Si](C)(C)C. The summed E-state index contributed by atoms with van der Waals surface area (Å²) in [6, 6.07) is 1.13. The second kappa shape index (κ2) is 6.07. The highest BCUT2D eigenvalue weighted by atomic mass is 79.9. The van der Waals surface area contributed by atoms with Gasteiger partial charge >= 0.3 is 0 Å². The van der Waals surface area contributed by atoms with Gasteiger partial charge in [-0.3, -0.25) is 0 Å². The number of hydrogen-bond acceptors (Lipinski definition) is 2. The summed E-state index contributed by atoms with van der Waals surface area (Å²) in [4.78, 5) is 7.31. The van der Waals surface area contributed by atoms with E-state index in [1.807, 2.05) is 6.20 Å². The van der Waals surface area contributed by atoms with E-state index in [4.69, 9.17) is 6.11 Å². The van der Waals surface area contributed by atoms with Crippen LogP contribution in [0, 0.1) is 0 Å². The molecule has 0 atom stereocenters. The molecule has 0 radical (unpaired) electrons. The molecular weight excluding hydrogens is 388 g/mol. The Bertz CT molecular complexity index is 625. The first-order valence-electron chi connectivity index (χ1n) is 6.69. The van der Waals surface area contributed by atoms with Crippen molar-refractivity contribution < 1.29 is 6.11 Å². The van der Waals surface area contributed by atoms with Gasteiger partial charge in [-0.25, -0.2) is 4.98 Å². The molecule has 0 aliphatic heterocycles. The number of aromatic amines is 1. The van der Waals surface area contributed by atoms with Crippen LogP contribution in [0.5, 0.6) is 0 Å². The van der Waals surface area contributed by atoms with Crippen LogP contribution in [0.4, 0.5) is 0 Å². The molecular formula is C13H18Br2N2OSi. The van der Waals surface area contributed by atoms with E-state index >= 15 is 0 Å². The molecule has 2 heterocycles. The fourth-order valence-corrected chi connectivity index (χ4v) is 3.79. The van der Waals surface area contributed by atoms with Gasteiger partial charge in [-0.2, -0.15) is 0 Å². The number of rotatable bonds is 5. The average Bonchev–Trinajstić information content (AvgIpc) is 2.68. The van der Waals surface area contributed by atoms with Crippen molar-refractivity contribution in [3.8, 4) is 0 Å². The highest BCUT2D eigenvalue weighted by Gasteiger charge is 2.14. The van der Waals surface area contributed by atoms with Crippen molar-refractivity contribution in [2.75, 3.05) is 6.61 Å². The van der Waals surface area contributed by atoms with Crippen molar-refractivity contribution in [2.45, 2.75) is 32.3 Å². The summed E-state index contributed by atoms with van der Waals surface area (Å²) in [6.45, 7) is 8.14. The van der Waals surface area contributed by atoms with Crippen LogP contribution in [0.2, 0.25) is 25.7 Å². The molecule has 0 saturated carbocycles. The highest BCUT2D eigenvalue weighted by molar-refractivity contribution is 9.11. The zero-order valence-electron chi connectivity index (χ0n) is 12.3. The molecule has 0 aliphatic rings. The van der Waals surface area contributed by atoms with Gasteiger partial charge in [-0.1, -0.05) is 19.6 Å². The van der Waals surface area contributed by atoms with Crippen molar-refractivity contribution in [3.63, 3.8) is 0 Å². The largest absolute Gasteiger partial charge is 0.377 e. The molecule has 2 aromatic rings. The van der Waals surface area contributed by atoms with Gasteiger partial charge in [0.2, 0.25) is 0 Å². The lowest BCUT2D eigenvalue weighted by Crippen LogP contribution is -2.21. The first-order chi connectivity index (χ1) is 9.29. The summed E-state index contributed by atoms with van der Waals surface area (Å²) in [6.07, 6.45) is 2.09. The normalized spacial score (nSPS) is 13.0. The molecule has 6 heteroatoms. The van der Waals surface area contributed by atoms with Gasteiger partial charge in [0, 0.05) is 46.9 Å². The standard InChI is InChI=1S/C13H18Br2N2OSi/c1-19(2,3)5-4-18-8-9-6-16-13-11(12(9)15)10(14)7-17-13/h6-7H,4-5,8H2,1-3H3,(H,16,17)/i6D. The molecule has 0 unspecified atom stereocenters.